The smallest absolute Gasteiger partial charge is 0.322 e. The Morgan fingerprint density at radius 2 is 2.24 bits per heavy atom. The molecule has 112 valence electrons. The van der Waals surface area contributed by atoms with Crippen LogP contribution in [-0.2, 0) is 11.2 Å². The number of thiocarbonyl (C=S) groups is 1. The predicted molar refractivity (Wildman–Crippen MR) is 81.4 cm³/mol. The Morgan fingerprint density at radius 3 is 3.00 bits per heavy atom. The molecule has 6 nitrogen and oxygen atoms in total. The maximum Gasteiger partial charge on any atom is 0.322 e. The Morgan fingerprint density at radius 1 is 1.43 bits per heavy atom. The van der Waals surface area contributed by atoms with Gasteiger partial charge in [-0.05, 0) is 37.0 Å². The van der Waals surface area contributed by atoms with Crippen molar-refractivity contribution in [2.24, 2.45) is 5.92 Å². The first-order valence-corrected chi connectivity index (χ1v) is 7.40. The number of hydrogen-bond donors (Lipinski definition) is 2. The molecule has 3 rings (SSSR count). The van der Waals surface area contributed by atoms with Crippen molar-refractivity contribution in [3.8, 4) is 0 Å². The number of carboxylic acid groups (broad SMARTS) is 1. The van der Waals surface area contributed by atoms with Gasteiger partial charge in [0.1, 0.15) is 6.54 Å². The zero-order chi connectivity index (χ0) is 15.0. The van der Waals surface area contributed by atoms with Crippen molar-refractivity contribution in [2.45, 2.75) is 18.9 Å². The number of nitrogens with zero attached hydrogens (tertiary/aromatic N) is 2. The number of nitrogens with one attached hydrogen (secondary N) is 1. The van der Waals surface area contributed by atoms with Crippen molar-refractivity contribution in [3.63, 3.8) is 0 Å². The monoisotopic (exact) mass is 307 g/mol. The van der Waals surface area contributed by atoms with Crippen molar-refractivity contribution in [1.82, 2.24) is 14.8 Å². The van der Waals surface area contributed by atoms with E-state index >= 15 is 0 Å². The third kappa shape index (κ3) is 2.78. The van der Waals surface area contributed by atoms with Crippen molar-refractivity contribution in [1.29, 1.82) is 0 Å². The summed E-state index contributed by atoms with van der Waals surface area (Å²) in [4.78, 5) is 24.7. The number of fused-ring (bicyclic) bond motifs is 4. The Balaban J connectivity index is 1.78. The second-order valence-electron chi connectivity index (χ2n) is 5.64. The molecule has 3 heterocycles. The molecule has 2 aliphatic rings. The van der Waals surface area contributed by atoms with Crippen molar-refractivity contribution in [2.75, 3.05) is 19.6 Å². The molecule has 0 spiro atoms. The summed E-state index contributed by atoms with van der Waals surface area (Å²) in [5, 5.41) is 11.9. The molecule has 0 saturated carbocycles. The summed E-state index contributed by atoms with van der Waals surface area (Å²) in [5.41, 5.74) is 1.12. The number of likely N-dealkylation sites (tertiary alicyclic amines) is 1. The lowest BCUT2D eigenvalue weighted by atomic mass is 9.86. The average molecular weight is 307 g/mol. The number of rotatable bonds is 2. The van der Waals surface area contributed by atoms with E-state index in [4.69, 9.17) is 17.3 Å². The fourth-order valence-corrected chi connectivity index (χ4v) is 3.58. The number of aliphatic carboxylic acids is 1. The molecule has 0 amide bonds. The largest absolute Gasteiger partial charge is 0.480 e. The minimum absolute atomic E-state index is 0.0298. The highest BCUT2D eigenvalue weighted by Gasteiger charge is 2.35. The van der Waals surface area contributed by atoms with E-state index in [9.17, 15) is 9.59 Å². The first-order valence-electron chi connectivity index (χ1n) is 6.99. The first kappa shape index (κ1) is 14.1. The van der Waals surface area contributed by atoms with Crippen LogP contribution in [0.25, 0.3) is 0 Å². The van der Waals surface area contributed by atoms with Gasteiger partial charge in [-0.2, -0.15) is 0 Å². The van der Waals surface area contributed by atoms with Gasteiger partial charge in [-0.3, -0.25) is 9.59 Å². The molecule has 2 N–H and O–H groups in total. The molecule has 2 bridgehead atoms. The van der Waals surface area contributed by atoms with Gasteiger partial charge < -0.3 is 19.9 Å². The van der Waals surface area contributed by atoms with Gasteiger partial charge in [-0.15, -0.1) is 0 Å². The number of carbonyl (C=O) groups is 1. The van der Waals surface area contributed by atoms with Gasteiger partial charge >= 0.3 is 5.97 Å². The molecule has 0 radical (unpaired) electrons. The number of hydrogen-bond acceptors (Lipinski definition) is 3. The Kier molecular flexibility index (Phi) is 3.67. The van der Waals surface area contributed by atoms with Gasteiger partial charge in [-0.1, -0.05) is 6.07 Å². The van der Waals surface area contributed by atoms with Crippen LogP contribution in [0.15, 0.2) is 23.0 Å². The standard InChI is InChI=1S/C14H17N3O3S/c18-12-3-1-2-10-4-9-5-11(17(10)12)8-16(7-9)14(21)15-6-13(19)20/h1-3,9,11H,4-8H2,(H,15,21)(H,19,20)/t9-,11-/m0/s1. The van der Waals surface area contributed by atoms with Crippen molar-refractivity contribution >= 4 is 23.3 Å². The summed E-state index contributed by atoms with van der Waals surface area (Å²) in [6, 6.07) is 5.53. The van der Waals surface area contributed by atoms with Gasteiger partial charge in [0, 0.05) is 24.8 Å². The van der Waals surface area contributed by atoms with Crippen LogP contribution in [0.5, 0.6) is 0 Å². The van der Waals surface area contributed by atoms with Crippen LogP contribution in [-0.4, -0.2) is 45.3 Å². The van der Waals surface area contributed by atoms with Gasteiger partial charge in [-0.25, -0.2) is 0 Å². The topological polar surface area (TPSA) is 74.6 Å². The Labute approximate surface area is 127 Å². The van der Waals surface area contributed by atoms with E-state index < -0.39 is 5.97 Å². The molecule has 1 aromatic rings. The van der Waals surface area contributed by atoms with Crippen LogP contribution in [0.2, 0.25) is 0 Å². The van der Waals surface area contributed by atoms with Gasteiger partial charge in [0.25, 0.3) is 5.56 Å². The average Bonchev–Trinajstić information content (AvgIpc) is 2.44. The third-order valence-corrected chi connectivity index (χ3v) is 4.53. The molecular formula is C14H17N3O3S. The maximum absolute atomic E-state index is 12.1. The molecule has 2 atom stereocenters. The summed E-state index contributed by atoms with van der Waals surface area (Å²) in [6.45, 7) is 1.28. The molecule has 2 aliphatic heterocycles. The van der Waals surface area contributed by atoms with E-state index in [1.54, 1.807) is 6.07 Å². The SMILES string of the molecule is O=C(O)CNC(=S)N1C[C@H]2Cc3cccc(=O)n3[C@@H](C2)C1. The second-order valence-corrected chi connectivity index (χ2v) is 6.03. The maximum atomic E-state index is 12.1. The predicted octanol–water partition coefficient (Wildman–Crippen LogP) is 0.226. The van der Waals surface area contributed by atoms with E-state index in [2.05, 4.69) is 5.32 Å². The van der Waals surface area contributed by atoms with Gasteiger partial charge in [0.15, 0.2) is 5.11 Å². The van der Waals surface area contributed by atoms with Gasteiger partial charge in [0.2, 0.25) is 0 Å². The fraction of sp³-hybridized carbons (Fsp3) is 0.500. The summed E-state index contributed by atoms with van der Waals surface area (Å²) < 4.78 is 1.86. The van der Waals surface area contributed by atoms with Crippen LogP contribution in [0.3, 0.4) is 0 Å². The van der Waals surface area contributed by atoms with Crippen LogP contribution in [0.1, 0.15) is 18.2 Å². The van der Waals surface area contributed by atoms with E-state index in [0.29, 0.717) is 17.6 Å². The molecule has 0 aromatic carbocycles. The van der Waals surface area contributed by atoms with Crippen LogP contribution in [0.4, 0.5) is 0 Å². The highest BCUT2D eigenvalue weighted by Crippen LogP contribution is 2.32. The third-order valence-electron chi connectivity index (χ3n) is 4.13. The van der Waals surface area contributed by atoms with Crippen molar-refractivity contribution < 1.29 is 9.90 Å². The van der Waals surface area contributed by atoms with E-state index in [1.807, 2.05) is 21.6 Å². The molecule has 1 aromatic heterocycles. The molecule has 21 heavy (non-hydrogen) atoms. The summed E-state index contributed by atoms with van der Waals surface area (Å²) in [5.74, 6) is -0.480. The lowest BCUT2D eigenvalue weighted by Crippen LogP contribution is -2.53. The van der Waals surface area contributed by atoms with E-state index in [-0.39, 0.29) is 18.1 Å². The number of pyridine rings is 1. The van der Waals surface area contributed by atoms with Crippen LogP contribution < -0.4 is 10.9 Å². The zero-order valence-corrected chi connectivity index (χ0v) is 12.3. The molecule has 0 unspecified atom stereocenters. The summed E-state index contributed by atoms with van der Waals surface area (Å²) in [6.07, 6.45) is 1.85. The molecule has 7 heteroatoms. The quantitative estimate of drug-likeness (QED) is 0.762. The first-order chi connectivity index (χ1) is 10.0. The van der Waals surface area contributed by atoms with Crippen molar-refractivity contribution in [3.05, 3.63) is 34.2 Å². The molecule has 1 saturated heterocycles. The lowest BCUT2D eigenvalue weighted by Gasteiger charge is -2.44. The Hall–Kier alpha value is -1.89. The molecule has 1 fully saturated rings. The number of aromatic nitrogens is 1. The van der Waals surface area contributed by atoms with E-state index in [0.717, 1.165) is 25.1 Å². The summed E-state index contributed by atoms with van der Waals surface area (Å²) >= 11 is 5.27. The molecule has 0 aliphatic carbocycles. The second kappa shape index (κ2) is 5.48. The minimum atomic E-state index is -0.934. The molecular weight excluding hydrogens is 290 g/mol. The van der Waals surface area contributed by atoms with Crippen LogP contribution in [0, 0.1) is 5.92 Å². The Bertz CT molecular complexity index is 643. The van der Waals surface area contributed by atoms with Gasteiger partial charge in [0.05, 0.1) is 6.04 Å². The fourth-order valence-electron chi connectivity index (χ4n) is 3.36. The number of carboxylic acids is 1. The highest BCUT2D eigenvalue weighted by molar-refractivity contribution is 7.80. The minimum Gasteiger partial charge on any atom is -0.480 e. The summed E-state index contributed by atoms with van der Waals surface area (Å²) in [7, 11) is 0. The normalized spacial score (nSPS) is 23.3. The zero-order valence-electron chi connectivity index (χ0n) is 11.5. The van der Waals surface area contributed by atoms with E-state index in [1.165, 1.54) is 0 Å². The lowest BCUT2D eigenvalue weighted by molar-refractivity contribution is -0.135. The van der Waals surface area contributed by atoms with Crippen LogP contribution >= 0.6 is 12.2 Å². The highest BCUT2D eigenvalue weighted by atomic mass is 32.1. The number of piperidine rings is 1.